The molecule has 4 heteroatoms. The summed E-state index contributed by atoms with van der Waals surface area (Å²) in [5, 5.41) is 6.14. The summed E-state index contributed by atoms with van der Waals surface area (Å²) in [7, 11) is 0. The van der Waals surface area contributed by atoms with Crippen LogP contribution in [0.1, 0.15) is 6.42 Å². The molecule has 1 amide bonds. The van der Waals surface area contributed by atoms with E-state index < -0.39 is 0 Å². The molecular formula is C7H12N2O2. The maximum atomic E-state index is 10.9. The molecular weight excluding hydrogens is 144 g/mol. The first kappa shape index (κ1) is 7.06. The SMILES string of the molecule is O=C1COC2CNCCC2N1. The lowest BCUT2D eigenvalue weighted by Crippen LogP contribution is -2.58. The Kier molecular flexibility index (Phi) is 1.79. The van der Waals surface area contributed by atoms with E-state index in [1.54, 1.807) is 0 Å². The molecule has 0 saturated carbocycles. The lowest BCUT2D eigenvalue weighted by Gasteiger charge is -2.35. The molecule has 11 heavy (non-hydrogen) atoms. The summed E-state index contributed by atoms with van der Waals surface area (Å²) < 4.78 is 5.32. The minimum Gasteiger partial charge on any atom is -0.365 e. The van der Waals surface area contributed by atoms with Crippen molar-refractivity contribution in [2.75, 3.05) is 19.7 Å². The van der Waals surface area contributed by atoms with Gasteiger partial charge in [0, 0.05) is 6.54 Å². The molecule has 2 unspecified atom stereocenters. The quantitative estimate of drug-likeness (QED) is 0.466. The summed E-state index contributed by atoms with van der Waals surface area (Å²) >= 11 is 0. The van der Waals surface area contributed by atoms with Crippen molar-refractivity contribution in [3.8, 4) is 0 Å². The molecule has 0 aromatic carbocycles. The van der Waals surface area contributed by atoms with Crippen LogP contribution in [0.3, 0.4) is 0 Å². The maximum absolute atomic E-state index is 10.9. The van der Waals surface area contributed by atoms with Crippen molar-refractivity contribution in [2.45, 2.75) is 18.6 Å². The van der Waals surface area contributed by atoms with Crippen LogP contribution < -0.4 is 10.6 Å². The highest BCUT2D eigenvalue weighted by Crippen LogP contribution is 2.10. The number of fused-ring (bicyclic) bond motifs is 1. The number of ether oxygens (including phenoxy) is 1. The molecule has 0 aromatic heterocycles. The number of hydrogen-bond acceptors (Lipinski definition) is 3. The van der Waals surface area contributed by atoms with Gasteiger partial charge in [-0.05, 0) is 13.0 Å². The lowest BCUT2D eigenvalue weighted by atomic mass is 10.0. The summed E-state index contributed by atoms with van der Waals surface area (Å²) in [5.41, 5.74) is 0. The predicted molar refractivity (Wildman–Crippen MR) is 39.2 cm³/mol. The van der Waals surface area contributed by atoms with Crippen molar-refractivity contribution in [1.82, 2.24) is 10.6 Å². The van der Waals surface area contributed by atoms with Crippen LogP contribution >= 0.6 is 0 Å². The van der Waals surface area contributed by atoms with Crippen molar-refractivity contribution < 1.29 is 9.53 Å². The van der Waals surface area contributed by atoms with Crippen LogP contribution in [-0.2, 0) is 9.53 Å². The molecule has 4 nitrogen and oxygen atoms in total. The zero-order valence-electron chi connectivity index (χ0n) is 6.30. The third-order valence-corrected chi connectivity index (χ3v) is 2.20. The van der Waals surface area contributed by atoms with E-state index >= 15 is 0 Å². The van der Waals surface area contributed by atoms with Gasteiger partial charge in [0.15, 0.2) is 0 Å². The molecule has 0 aromatic rings. The van der Waals surface area contributed by atoms with E-state index in [2.05, 4.69) is 10.6 Å². The fraction of sp³-hybridized carbons (Fsp3) is 0.857. The Balaban J connectivity index is 1.98. The molecule has 2 N–H and O–H groups in total. The molecule has 2 atom stereocenters. The summed E-state index contributed by atoms with van der Waals surface area (Å²) in [6.07, 6.45) is 1.18. The Labute approximate surface area is 65.3 Å². The molecule has 2 fully saturated rings. The number of rotatable bonds is 0. The van der Waals surface area contributed by atoms with Gasteiger partial charge in [-0.3, -0.25) is 4.79 Å². The van der Waals surface area contributed by atoms with E-state index in [0.29, 0.717) is 0 Å². The van der Waals surface area contributed by atoms with Crippen molar-refractivity contribution in [1.29, 1.82) is 0 Å². The standard InChI is InChI=1S/C7H12N2O2/c10-7-4-11-6-3-8-2-1-5(6)9-7/h5-6,8H,1-4H2,(H,9,10). The molecule has 2 aliphatic rings. The third kappa shape index (κ3) is 1.36. The molecule has 62 valence electrons. The first-order valence-electron chi connectivity index (χ1n) is 3.98. The van der Waals surface area contributed by atoms with Gasteiger partial charge in [-0.2, -0.15) is 0 Å². The Morgan fingerprint density at radius 3 is 3.36 bits per heavy atom. The van der Waals surface area contributed by atoms with Crippen LogP contribution in [0.15, 0.2) is 0 Å². The van der Waals surface area contributed by atoms with Crippen LogP contribution in [0.4, 0.5) is 0 Å². The van der Waals surface area contributed by atoms with Gasteiger partial charge in [-0.25, -0.2) is 0 Å². The average molecular weight is 156 g/mol. The highest BCUT2D eigenvalue weighted by molar-refractivity contribution is 5.78. The van der Waals surface area contributed by atoms with E-state index in [1.165, 1.54) is 0 Å². The van der Waals surface area contributed by atoms with Gasteiger partial charge in [0.1, 0.15) is 6.61 Å². The molecule has 2 saturated heterocycles. The molecule has 0 bridgehead atoms. The van der Waals surface area contributed by atoms with Crippen LogP contribution in [0.25, 0.3) is 0 Å². The monoisotopic (exact) mass is 156 g/mol. The Bertz CT molecular complexity index is 172. The van der Waals surface area contributed by atoms with Crippen LogP contribution in [0.2, 0.25) is 0 Å². The highest BCUT2D eigenvalue weighted by atomic mass is 16.5. The van der Waals surface area contributed by atoms with Gasteiger partial charge < -0.3 is 15.4 Å². The lowest BCUT2D eigenvalue weighted by molar-refractivity contribution is -0.137. The van der Waals surface area contributed by atoms with Crippen molar-refractivity contribution in [2.24, 2.45) is 0 Å². The number of carbonyl (C=O) groups is 1. The van der Waals surface area contributed by atoms with Crippen molar-refractivity contribution >= 4 is 5.91 Å². The van der Waals surface area contributed by atoms with E-state index in [-0.39, 0.29) is 24.7 Å². The first-order valence-corrected chi connectivity index (χ1v) is 3.98. The summed E-state index contributed by atoms with van der Waals surface area (Å²) in [4.78, 5) is 10.9. The Morgan fingerprint density at radius 1 is 1.55 bits per heavy atom. The molecule has 0 aliphatic carbocycles. The molecule has 0 spiro atoms. The maximum Gasteiger partial charge on any atom is 0.246 e. The number of piperidine rings is 1. The topological polar surface area (TPSA) is 50.4 Å². The number of morpholine rings is 1. The van der Waals surface area contributed by atoms with E-state index in [1.807, 2.05) is 0 Å². The van der Waals surface area contributed by atoms with Gasteiger partial charge in [-0.15, -0.1) is 0 Å². The van der Waals surface area contributed by atoms with Crippen molar-refractivity contribution in [3.63, 3.8) is 0 Å². The number of nitrogens with one attached hydrogen (secondary N) is 2. The highest BCUT2D eigenvalue weighted by Gasteiger charge is 2.31. The zero-order chi connectivity index (χ0) is 7.68. The van der Waals surface area contributed by atoms with Crippen LogP contribution in [0.5, 0.6) is 0 Å². The minimum atomic E-state index is 0.0214. The fourth-order valence-corrected chi connectivity index (χ4v) is 1.60. The summed E-state index contributed by atoms with van der Waals surface area (Å²) in [5.74, 6) is 0.0214. The van der Waals surface area contributed by atoms with Gasteiger partial charge in [0.25, 0.3) is 0 Å². The number of amides is 1. The zero-order valence-corrected chi connectivity index (χ0v) is 6.30. The second-order valence-electron chi connectivity index (χ2n) is 3.02. The average Bonchev–Trinajstić information content (AvgIpc) is 2.04. The Morgan fingerprint density at radius 2 is 2.45 bits per heavy atom. The Hall–Kier alpha value is -0.610. The van der Waals surface area contributed by atoms with Gasteiger partial charge >= 0.3 is 0 Å². The van der Waals surface area contributed by atoms with E-state index in [9.17, 15) is 4.79 Å². The smallest absolute Gasteiger partial charge is 0.246 e. The fourth-order valence-electron chi connectivity index (χ4n) is 1.60. The largest absolute Gasteiger partial charge is 0.365 e. The normalized spacial score (nSPS) is 37.6. The van der Waals surface area contributed by atoms with Crippen LogP contribution in [-0.4, -0.2) is 37.7 Å². The third-order valence-electron chi connectivity index (χ3n) is 2.20. The van der Waals surface area contributed by atoms with Gasteiger partial charge in [0.05, 0.1) is 12.1 Å². The number of hydrogen-bond donors (Lipinski definition) is 2. The second kappa shape index (κ2) is 2.79. The predicted octanol–water partition coefficient (Wildman–Crippen LogP) is -1.14. The van der Waals surface area contributed by atoms with Crippen LogP contribution in [0, 0.1) is 0 Å². The molecule has 2 heterocycles. The van der Waals surface area contributed by atoms with Gasteiger partial charge in [0.2, 0.25) is 5.91 Å². The van der Waals surface area contributed by atoms with E-state index in [0.717, 1.165) is 19.5 Å². The van der Waals surface area contributed by atoms with Gasteiger partial charge in [-0.1, -0.05) is 0 Å². The minimum absolute atomic E-state index is 0.0214. The van der Waals surface area contributed by atoms with Crippen molar-refractivity contribution in [3.05, 3.63) is 0 Å². The molecule has 2 rings (SSSR count). The number of carbonyl (C=O) groups excluding carboxylic acids is 1. The first-order chi connectivity index (χ1) is 5.36. The summed E-state index contributed by atoms with van der Waals surface area (Å²) in [6, 6.07) is 0.248. The molecule has 2 aliphatic heterocycles. The second-order valence-corrected chi connectivity index (χ2v) is 3.02. The molecule has 0 radical (unpaired) electrons. The summed E-state index contributed by atoms with van der Waals surface area (Å²) in [6.45, 7) is 2.07. The van der Waals surface area contributed by atoms with E-state index in [4.69, 9.17) is 4.74 Å².